The van der Waals surface area contributed by atoms with E-state index < -0.39 is 24.2 Å². The molecule has 0 aliphatic rings. The summed E-state index contributed by atoms with van der Waals surface area (Å²) in [6, 6.07) is 53.7. The van der Waals surface area contributed by atoms with Gasteiger partial charge in [0.25, 0.3) is 0 Å². The molecule has 0 aliphatic heterocycles. The first-order valence-electron chi connectivity index (χ1n) is 16.6. The number of benzene rings is 5. The van der Waals surface area contributed by atoms with Gasteiger partial charge < -0.3 is 14.9 Å². The molecule has 0 unspecified atom stereocenters. The molecule has 7 rings (SSSR count). The summed E-state index contributed by atoms with van der Waals surface area (Å²) in [5, 5.41) is 12.8. The zero-order chi connectivity index (χ0) is 32.3. The van der Waals surface area contributed by atoms with Crippen LogP contribution in [-0.2, 0) is 25.8 Å². The summed E-state index contributed by atoms with van der Waals surface area (Å²) in [5.41, 5.74) is 5.26. The molecule has 0 spiro atoms. The van der Waals surface area contributed by atoms with E-state index in [1.807, 2.05) is 0 Å². The molecule has 0 saturated heterocycles. The van der Waals surface area contributed by atoms with E-state index >= 15 is 0 Å². The summed E-state index contributed by atoms with van der Waals surface area (Å²) < 4.78 is 0. The Bertz CT molecular complexity index is 2020. The number of rotatable bonds is 7. The van der Waals surface area contributed by atoms with Gasteiger partial charge in [-0.1, -0.05) is 164 Å². The molecule has 0 heterocycles. The van der Waals surface area contributed by atoms with Gasteiger partial charge in [-0.25, -0.2) is 0 Å². The van der Waals surface area contributed by atoms with Crippen molar-refractivity contribution in [1.29, 1.82) is 0 Å². The molecule has 0 nitrogen and oxygen atoms in total. The minimum absolute atomic E-state index is 0. The molecule has 0 radical (unpaired) electrons. The fourth-order valence-corrected chi connectivity index (χ4v) is 13.1. The standard InChI is InChI=1S/C43H44Si3.2CH3.Hf/c1-44(2,3)35-23-19-31(20-24-35)40-17-11-13-33-27-38(29-42(33)40)46(7,37-15-9-8-10-16-37)39-28-34-14-12-18-41(43(34)30-39)32-21-25-36(26-22-32)45(4,5)6;;;/h8-30H,1-7H3;2*1H3;/q-2;2*-1;+4. The molecule has 0 aromatic heterocycles. The molecule has 0 amide bonds. The van der Waals surface area contributed by atoms with Crippen molar-refractivity contribution < 1.29 is 25.8 Å². The Balaban J connectivity index is 0.00000180. The molecule has 7 aromatic carbocycles. The Morgan fingerprint density at radius 3 is 1.16 bits per heavy atom. The van der Waals surface area contributed by atoms with E-state index in [4.69, 9.17) is 0 Å². The number of hydrogen-bond donors (Lipinski definition) is 0. The molecule has 0 bridgehead atoms. The molecular formula is C45H50HfSi3. The van der Waals surface area contributed by atoms with Crippen LogP contribution in [0.5, 0.6) is 0 Å². The number of fused-ring (bicyclic) bond motifs is 2. The van der Waals surface area contributed by atoms with Crippen molar-refractivity contribution in [3.8, 4) is 22.3 Å². The van der Waals surface area contributed by atoms with Crippen molar-refractivity contribution in [3.05, 3.63) is 154 Å². The van der Waals surface area contributed by atoms with Crippen LogP contribution in [0.3, 0.4) is 0 Å². The summed E-state index contributed by atoms with van der Waals surface area (Å²) in [4.78, 5) is 0. The van der Waals surface area contributed by atoms with Gasteiger partial charge in [-0.15, -0.1) is 68.3 Å². The van der Waals surface area contributed by atoms with Crippen LogP contribution >= 0.6 is 0 Å². The van der Waals surface area contributed by atoms with Gasteiger partial charge in [-0.2, -0.15) is 12.1 Å². The Kier molecular flexibility index (Phi) is 11.5. The van der Waals surface area contributed by atoms with Crippen molar-refractivity contribution in [3.63, 3.8) is 0 Å². The van der Waals surface area contributed by atoms with Gasteiger partial charge in [0.05, 0.1) is 16.1 Å². The van der Waals surface area contributed by atoms with Crippen molar-refractivity contribution in [1.82, 2.24) is 0 Å². The molecule has 49 heavy (non-hydrogen) atoms. The predicted molar refractivity (Wildman–Crippen MR) is 226 cm³/mol. The third-order valence-electron chi connectivity index (χ3n) is 10.1. The van der Waals surface area contributed by atoms with Gasteiger partial charge >= 0.3 is 25.8 Å². The number of hydrogen-bond acceptors (Lipinski definition) is 0. The summed E-state index contributed by atoms with van der Waals surface area (Å²) >= 11 is 0. The van der Waals surface area contributed by atoms with E-state index in [1.54, 1.807) is 0 Å². The maximum absolute atomic E-state index is 2.55. The van der Waals surface area contributed by atoms with Gasteiger partial charge in [0, 0.05) is 0 Å². The van der Waals surface area contributed by atoms with Gasteiger partial charge in [-0.05, 0) is 11.1 Å². The average molecular weight is 854 g/mol. The largest absolute Gasteiger partial charge is 4.00 e. The maximum atomic E-state index is 2.55. The fourth-order valence-electron chi connectivity index (χ4n) is 7.12. The summed E-state index contributed by atoms with van der Waals surface area (Å²) in [7, 11) is -5.05. The zero-order valence-electron chi connectivity index (χ0n) is 30.8. The van der Waals surface area contributed by atoms with Crippen LogP contribution in [0.25, 0.3) is 43.8 Å². The molecule has 0 atom stereocenters. The zero-order valence-corrected chi connectivity index (χ0v) is 37.4. The molecule has 7 aromatic rings. The predicted octanol–water partition coefficient (Wildman–Crippen LogP) is 9.85. The molecule has 0 fully saturated rings. The molecular weight excluding hydrogens is 803 g/mol. The SMILES string of the molecule is C[Si](C)(C)c1ccc(-c2cccc3[cH-]c([Si](C)(c4ccccc4)c4cc5c(-c6ccc([Si](C)(C)C)cc6)cccc5[cH-]4)cc23)cc1.[CH3-].[CH3-].[Hf+4]. The van der Waals surface area contributed by atoms with E-state index in [2.05, 4.69) is 185 Å². The van der Waals surface area contributed by atoms with E-state index in [-0.39, 0.29) is 40.7 Å². The van der Waals surface area contributed by atoms with Crippen molar-refractivity contribution >= 4 is 71.7 Å². The van der Waals surface area contributed by atoms with Gasteiger partial charge in [0.1, 0.15) is 8.07 Å². The van der Waals surface area contributed by atoms with E-state index in [9.17, 15) is 0 Å². The second kappa shape index (κ2) is 14.6. The van der Waals surface area contributed by atoms with Crippen LogP contribution in [0.15, 0.2) is 140 Å². The molecule has 0 aliphatic carbocycles. The normalized spacial score (nSPS) is 11.9. The van der Waals surface area contributed by atoms with Crippen molar-refractivity contribution in [2.24, 2.45) is 0 Å². The first-order chi connectivity index (χ1) is 21.9. The van der Waals surface area contributed by atoms with E-state index in [0.29, 0.717) is 0 Å². The maximum Gasteiger partial charge on any atom is 4.00 e. The second-order valence-corrected chi connectivity index (χ2v) is 29.4. The second-order valence-electron chi connectivity index (χ2n) is 15.3. The Morgan fingerprint density at radius 2 is 0.796 bits per heavy atom. The monoisotopic (exact) mass is 854 g/mol. The van der Waals surface area contributed by atoms with E-state index in [0.717, 1.165) is 0 Å². The van der Waals surface area contributed by atoms with Crippen LogP contribution in [0.2, 0.25) is 45.8 Å². The van der Waals surface area contributed by atoms with Crippen molar-refractivity contribution in [2.45, 2.75) is 45.8 Å². The van der Waals surface area contributed by atoms with Crippen molar-refractivity contribution in [2.75, 3.05) is 0 Å². The first kappa shape index (κ1) is 38.6. The van der Waals surface area contributed by atoms with Crippen LogP contribution < -0.4 is 25.9 Å². The Hall–Kier alpha value is -3.16. The van der Waals surface area contributed by atoms with E-state index in [1.165, 1.54) is 69.7 Å². The third kappa shape index (κ3) is 7.21. The van der Waals surface area contributed by atoms with Gasteiger partial charge in [-0.3, -0.25) is 0 Å². The van der Waals surface area contributed by atoms with Crippen LogP contribution in [0.1, 0.15) is 0 Å². The Morgan fingerprint density at radius 1 is 0.408 bits per heavy atom. The minimum atomic E-state index is -2.35. The average Bonchev–Trinajstić information content (AvgIpc) is 3.70. The molecule has 0 N–H and O–H groups in total. The smallest absolute Gasteiger partial charge is 0.358 e. The van der Waals surface area contributed by atoms with Crippen LogP contribution in [0.4, 0.5) is 0 Å². The summed E-state index contributed by atoms with van der Waals surface area (Å²) in [5.74, 6) is 0. The minimum Gasteiger partial charge on any atom is -0.358 e. The van der Waals surface area contributed by atoms with Gasteiger partial charge in [0.2, 0.25) is 0 Å². The summed E-state index contributed by atoms with van der Waals surface area (Å²) in [6.45, 7) is 17.1. The topological polar surface area (TPSA) is 0 Å². The van der Waals surface area contributed by atoms with Crippen LogP contribution in [0, 0.1) is 14.9 Å². The van der Waals surface area contributed by atoms with Gasteiger partial charge in [0.15, 0.2) is 0 Å². The molecule has 0 saturated carbocycles. The quantitative estimate of drug-likeness (QED) is 0.111. The Labute approximate surface area is 317 Å². The summed E-state index contributed by atoms with van der Waals surface area (Å²) in [6.07, 6.45) is 0. The fraction of sp³-hybridized carbons (Fsp3) is 0.156. The first-order valence-corrected chi connectivity index (χ1v) is 26.1. The molecule has 246 valence electrons. The third-order valence-corrected chi connectivity index (χ3v) is 18.6. The molecule has 4 heteroatoms. The van der Waals surface area contributed by atoms with Crippen LogP contribution in [-0.4, -0.2) is 24.2 Å².